The highest BCUT2D eigenvalue weighted by molar-refractivity contribution is 6.35. The Bertz CT molecular complexity index is 610. The third kappa shape index (κ3) is 3.04. The maximum Gasteiger partial charge on any atom is 0.270 e. The number of rotatable bonds is 3. The van der Waals surface area contributed by atoms with Crippen LogP contribution in [0, 0.1) is 5.92 Å². The molecule has 19 heavy (non-hydrogen) atoms. The number of aromatic nitrogens is 1. The van der Waals surface area contributed by atoms with Crippen LogP contribution in [0.15, 0.2) is 30.3 Å². The summed E-state index contributed by atoms with van der Waals surface area (Å²) < 4.78 is 0. The van der Waals surface area contributed by atoms with Gasteiger partial charge in [0, 0.05) is 11.4 Å². The zero-order chi connectivity index (χ0) is 14.0. The van der Waals surface area contributed by atoms with Crippen molar-refractivity contribution in [3.63, 3.8) is 0 Å². The summed E-state index contributed by atoms with van der Waals surface area (Å²) in [6, 6.07) is 9.24. The number of hydrogen-bond acceptors (Lipinski definition) is 2. The minimum atomic E-state index is -0.186. The first-order valence-electron chi connectivity index (χ1n) is 6.35. The van der Waals surface area contributed by atoms with Crippen LogP contribution >= 0.6 is 11.6 Å². The Kier molecular flexibility index (Phi) is 4.05. The molecule has 1 aromatic heterocycles. The van der Waals surface area contributed by atoms with E-state index in [0.29, 0.717) is 16.6 Å². The molecule has 0 radical (unpaired) electrons. The number of carbonyl (C=O) groups excluding carboxylic acids is 1. The Balaban J connectivity index is 2.33. The molecule has 1 aromatic carbocycles. The van der Waals surface area contributed by atoms with Crippen LogP contribution in [0.25, 0.3) is 10.9 Å². The van der Waals surface area contributed by atoms with Gasteiger partial charge < -0.3 is 5.32 Å². The SMILES string of the molecule is CC(C)[C@H](C)NC(=O)c1cc(Cl)c2ccccc2n1. The van der Waals surface area contributed by atoms with Gasteiger partial charge in [-0.3, -0.25) is 4.79 Å². The van der Waals surface area contributed by atoms with Gasteiger partial charge in [-0.2, -0.15) is 0 Å². The summed E-state index contributed by atoms with van der Waals surface area (Å²) in [5, 5.41) is 4.34. The smallest absolute Gasteiger partial charge is 0.270 e. The molecule has 1 heterocycles. The molecule has 3 nitrogen and oxygen atoms in total. The molecule has 1 amide bonds. The van der Waals surface area contributed by atoms with E-state index in [4.69, 9.17) is 11.6 Å². The third-order valence-corrected chi connectivity index (χ3v) is 3.57. The van der Waals surface area contributed by atoms with Crippen LogP contribution in [0.3, 0.4) is 0 Å². The molecular weight excluding hydrogens is 260 g/mol. The Morgan fingerprint density at radius 3 is 2.63 bits per heavy atom. The molecular formula is C15H17ClN2O. The van der Waals surface area contributed by atoms with Crippen molar-refractivity contribution in [1.82, 2.24) is 10.3 Å². The second-order valence-corrected chi connectivity index (χ2v) is 5.42. The molecule has 0 unspecified atom stereocenters. The zero-order valence-electron chi connectivity index (χ0n) is 11.3. The van der Waals surface area contributed by atoms with Crippen LogP contribution in [0.1, 0.15) is 31.3 Å². The summed E-state index contributed by atoms with van der Waals surface area (Å²) in [5.74, 6) is 0.189. The van der Waals surface area contributed by atoms with Gasteiger partial charge >= 0.3 is 0 Å². The lowest BCUT2D eigenvalue weighted by atomic mass is 10.1. The van der Waals surface area contributed by atoms with Crippen LogP contribution in [0.2, 0.25) is 5.02 Å². The molecule has 0 aliphatic rings. The van der Waals surface area contributed by atoms with Crippen molar-refractivity contribution < 1.29 is 4.79 Å². The number of benzene rings is 1. The Hall–Kier alpha value is -1.61. The first kappa shape index (κ1) is 13.8. The number of hydrogen-bond donors (Lipinski definition) is 1. The lowest BCUT2D eigenvalue weighted by Crippen LogP contribution is -2.36. The van der Waals surface area contributed by atoms with Crippen LogP contribution in [0.4, 0.5) is 0 Å². The monoisotopic (exact) mass is 276 g/mol. The number of nitrogens with zero attached hydrogens (tertiary/aromatic N) is 1. The van der Waals surface area contributed by atoms with Gasteiger partial charge in [0.05, 0.1) is 10.5 Å². The molecule has 0 aliphatic carbocycles. The van der Waals surface area contributed by atoms with Gasteiger partial charge in [-0.1, -0.05) is 43.6 Å². The fourth-order valence-electron chi connectivity index (χ4n) is 1.70. The van der Waals surface area contributed by atoms with Gasteiger partial charge in [0.15, 0.2) is 0 Å². The average molecular weight is 277 g/mol. The Labute approximate surface area is 118 Å². The number of halogens is 1. The summed E-state index contributed by atoms with van der Waals surface area (Å²) in [7, 11) is 0. The molecule has 4 heteroatoms. The van der Waals surface area contributed by atoms with E-state index in [0.717, 1.165) is 10.9 Å². The van der Waals surface area contributed by atoms with Crippen molar-refractivity contribution in [2.45, 2.75) is 26.8 Å². The predicted molar refractivity (Wildman–Crippen MR) is 78.5 cm³/mol. The number of amides is 1. The van der Waals surface area contributed by atoms with Gasteiger partial charge in [0.25, 0.3) is 5.91 Å². The summed E-state index contributed by atoms with van der Waals surface area (Å²) in [4.78, 5) is 16.5. The molecule has 2 aromatic rings. The quantitative estimate of drug-likeness (QED) is 0.929. The van der Waals surface area contributed by atoms with E-state index in [-0.39, 0.29) is 11.9 Å². The fraction of sp³-hybridized carbons (Fsp3) is 0.333. The van der Waals surface area contributed by atoms with E-state index in [9.17, 15) is 4.79 Å². The summed E-state index contributed by atoms with van der Waals surface area (Å²) in [6.45, 7) is 6.10. The van der Waals surface area contributed by atoms with E-state index in [2.05, 4.69) is 24.1 Å². The van der Waals surface area contributed by atoms with Crippen molar-refractivity contribution in [1.29, 1.82) is 0 Å². The Morgan fingerprint density at radius 2 is 1.95 bits per heavy atom. The van der Waals surface area contributed by atoms with E-state index in [1.807, 2.05) is 31.2 Å². The van der Waals surface area contributed by atoms with Crippen molar-refractivity contribution in [3.8, 4) is 0 Å². The maximum atomic E-state index is 12.1. The van der Waals surface area contributed by atoms with Gasteiger partial charge in [0.2, 0.25) is 0 Å². The Morgan fingerprint density at radius 1 is 1.26 bits per heavy atom. The summed E-state index contributed by atoms with van der Waals surface area (Å²) in [5.41, 5.74) is 1.09. The minimum absolute atomic E-state index is 0.0968. The van der Waals surface area contributed by atoms with E-state index < -0.39 is 0 Å². The van der Waals surface area contributed by atoms with Crippen LogP contribution in [0.5, 0.6) is 0 Å². The largest absolute Gasteiger partial charge is 0.348 e. The van der Waals surface area contributed by atoms with Gasteiger partial charge in [0.1, 0.15) is 5.69 Å². The number of para-hydroxylation sites is 1. The molecule has 0 spiro atoms. The highest BCUT2D eigenvalue weighted by Gasteiger charge is 2.15. The highest BCUT2D eigenvalue weighted by atomic mass is 35.5. The van der Waals surface area contributed by atoms with Crippen molar-refractivity contribution >= 4 is 28.4 Å². The standard InChI is InChI=1S/C15H17ClN2O/c1-9(2)10(3)17-15(19)14-8-12(16)11-6-4-5-7-13(11)18-14/h4-10H,1-3H3,(H,17,19)/t10-/m0/s1. The van der Waals surface area contributed by atoms with Crippen LogP contribution < -0.4 is 5.32 Å². The summed E-state index contributed by atoms with van der Waals surface area (Å²) >= 11 is 6.19. The number of fused-ring (bicyclic) bond motifs is 1. The molecule has 0 bridgehead atoms. The molecule has 1 N–H and O–H groups in total. The van der Waals surface area contributed by atoms with Crippen molar-refractivity contribution in [2.75, 3.05) is 0 Å². The predicted octanol–water partition coefficient (Wildman–Crippen LogP) is 3.66. The lowest BCUT2D eigenvalue weighted by Gasteiger charge is -2.17. The lowest BCUT2D eigenvalue weighted by molar-refractivity contribution is 0.0926. The first-order valence-corrected chi connectivity index (χ1v) is 6.73. The molecule has 100 valence electrons. The van der Waals surface area contributed by atoms with E-state index in [1.54, 1.807) is 6.07 Å². The highest BCUT2D eigenvalue weighted by Crippen LogP contribution is 2.22. The van der Waals surface area contributed by atoms with E-state index in [1.165, 1.54) is 0 Å². The van der Waals surface area contributed by atoms with Crippen molar-refractivity contribution in [3.05, 3.63) is 41.0 Å². The van der Waals surface area contributed by atoms with E-state index >= 15 is 0 Å². The first-order chi connectivity index (χ1) is 8.99. The molecule has 0 fully saturated rings. The molecule has 0 aliphatic heterocycles. The maximum absolute atomic E-state index is 12.1. The van der Waals surface area contributed by atoms with Gasteiger partial charge in [-0.05, 0) is 25.0 Å². The molecule has 0 saturated carbocycles. The minimum Gasteiger partial charge on any atom is -0.348 e. The second-order valence-electron chi connectivity index (χ2n) is 5.01. The fourth-order valence-corrected chi connectivity index (χ4v) is 1.96. The average Bonchev–Trinajstić information content (AvgIpc) is 2.38. The number of carbonyl (C=O) groups is 1. The molecule has 1 atom stereocenters. The number of nitrogens with one attached hydrogen (secondary N) is 1. The molecule has 0 saturated heterocycles. The second kappa shape index (κ2) is 5.57. The number of pyridine rings is 1. The van der Waals surface area contributed by atoms with Crippen molar-refractivity contribution in [2.24, 2.45) is 5.92 Å². The van der Waals surface area contributed by atoms with Gasteiger partial charge in [-0.25, -0.2) is 4.98 Å². The summed E-state index contributed by atoms with van der Waals surface area (Å²) in [6.07, 6.45) is 0. The van der Waals surface area contributed by atoms with Crippen LogP contribution in [-0.4, -0.2) is 16.9 Å². The normalized spacial score (nSPS) is 12.7. The third-order valence-electron chi connectivity index (χ3n) is 3.26. The van der Waals surface area contributed by atoms with Crippen LogP contribution in [-0.2, 0) is 0 Å². The topological polar surface area (TPSA) is 42.0 Å². The zero-order valence-corrected chi connectivity index (χ0v) is 12.0. The molecule has 2 rings (SSSR count). The van der Waals surface area contributed by atoms with Gasteiger partial charge in [-0.15, -0.1) is 0 Å².